The van der Waals surface area contributed by atoms with Gasteiger partial charge in [0, 0.05) is 0 Å². The third-order valence-electron chi connectivity index (χ3n) is 1.69. The highest BCUT2D eigenvalue weighted by Crippen LogP contribution is 2.20. The average molecular weight is 195 g/mol. The van der Waals surface area contributed by atoms with Crippen molar-refractivity contribution in [1.29, 1.82) is 0 Å². The fraction of sp³-hybridized carbons (Fsp3) is 0.333. The van der Waals surface area contributed by atoms with Gasteiger partial charge in [-0.15, -0.1) is 0 Å². The first kappa shape index (κ1) is 10.9. The number of nitrogen functional groups attached to an aromatic ring is 1. The number of ether oxygens (including phenoxy) is 1. The van der Waals surface area contributed by atoms with Crippen molar-refractivity contribution in [2.24, 2.45) is 0 Å². The van der Waals surface area contributed by atoms with Crippen LogP contribution in [0.25, 0.3) is 0 Å². The second kappa shape index (κ2) is 4.35. The summed E-state index contributed by atoms with van der Waals surface area (Å²) in [7, 11) is -1.50. The first-order chi connectivity index (χ1) is 6.50. The van der Waals surface area contributed by atoms with E-state index in [-0.39, 0.29) is 6.10 Å². The fourth-order valence-electron chi connectivity index (χ4n) is 1.09. The van der Waals surface area contributed by atoms with Crippen LogP contribution >= 0.6 is 0 Å². The first-order valence-corrected chi connectivity index (χ1v) is 4.43. The lowest BCUT2D eigenvalue weighted by molar-refractivity contribution is 0.244. The van der Waals surface area contributed by atoms with Crippen molar-refractivity contribution in [2.75, 3.05) is 5.73 Å². The average Bonchev–Trinajstić information content (AvgIpc) is 2.07. The number of anilines is 1. The standard InChI is InChI=1S/C9H14BNO3/c1-6(2)14-9-4-3-7(10(12)13)5-8(9)11/h3-6,12-13H,11H2,1-2H3. The Hall–Kier alpha value is -1.20. The summed E-state index contributed by atoms with van der Waals surface area (Å²) in [5, 5.41) is 17.8. The fourth-order valence-corrected chi connectivity index (χ4v) is 1.09. The SMILES string of the molecule is CC(C)Oc1ccc(B(O)O)cc1N. The van der Waals surface area contributed by atoms with E-state index >= 15 is 0 Å². The maximum Gasteiger partial charge on any atom is 0.488 e. The molecule has 1 aromatic carbocycles. The zero-order valence-electron chi connectivity index (χ0n) is 8.27. The van der Waals surface area contributed by atoms with Gasteiger partial charge >= 0.3 is 7.12 Å². The van der Waals surface area contributed by atoms with Gasteiger partial charge in [-0.3, -0.25) is 0 Å². The highest BCUT2D eigenvalue weighted by molar-refractivity contribution is 6.58. The Morgan fingerprint density at radius 2 is 2.00 bits per heavy atom. The molecule has 4 N–H and O–H groups in total. The van der Waals surface area contributed by atoms with E-state index < -0.39 is 7.12 Å². The largest absolute Gasteiger partial charge is 0.489 e. The van der Waals surface area contributed by atoms with Crippen LogP contribution in [-0.2, 0) is 0 Å². The number of benzene rings is 1. The van der Waals surface area contributed by atoms with Crippen molar-refractivity contribution in [3.8, 4) is 5.75 Å². The summed E-state index contributed by atoms with van der Waals surface area (Å²) in [5.41, 5.74) is 6.43. The Bertz CT molecular complexity index is 315. The maximum absolute atomic E-state index is 8.88. The van der Waals surface area contributed by atoms with E-state index in [0.29, 0.717) is 16.9 Å². The summed E-state index contributed by atoms with van der Waals surface area (Å²) in [6.07, 6.45) is 0.0437. The Morgan fingerprint density at radius 3 is 2.43 bits per heavy atom. The van der Waals surface area contributed by atoms with Crippen molar-refractivity contribution in [1.82, 2.24) is 0 Å². The Kier molecular flexibility index (Phi) is 3.38. The van der Waals surface area contributed by atoms with E-state index in [9.17, 15) is 0 Å². The van der Waals surface area contributed by atoms with Gasteiger partial charge in [0.15, 0.2) is 0 Å². The van der Waals surface area contributed by atoms with Crippen molar-refractivity contribution < 1.29 is 14.8 Å². The Labute approximate surface area is 83.5 Å². The van der Waals surface area contributed by atoms with Gasteiger partial charge in [-0.05, 0) is 31.4 Å². The minimum atomic E-state index is -1.50. The predicted octanol–water partition coefficient (Wildman–Crippen LogP) is -0.264. The molecule has 0 aliphatic carbocycles. The maximum atomic E-state index is 8.88. The number of rotatable bonds is 3. The second-order valence-electron chi connectivity index (χ2n) is 3.34. The molecule has 0 aliphatic rings. The Balaban J connectivity index is 2.90. The van der Waals surface area contributed by atoms with Crippen LogP contribution in [0.15, 0.2) is 18.2 Å². The van der Waals surface area contributed by atoms with E-state index in [2.05, 4.69) is 0 Å². The molecule has 0 saturated carbocycles. The van der Waals surface area contributed by atoms with Gasteiger partial charge in [-0.25, -0.2) is 0 Å². The van der Waals surface area contributed by atoms with Crippen LogP contribution in [0.2, 0.25) is 0 Å². The Morgan fingerprint density at radius 1 is 1.36 bits per heavy atom. The molecule has 1 rings (SSSR count). The minimum absolute atomic E-state index is 0.0437. The van der Waals surface area contributed by atoms with Crippen LogP contribution in [0.1, 0.15) is 13.8 Å². The highest BCUT2D eigenvalue weighted by atomic mass is 16.5. The zero-order chi connectivity index (χ0) is 10.7. The van der Waals surface area contributed by atoms with Gasteiger partial charge < -0.3 is 20.5 Å². The van der Waals surface area contributed by atoms with E-state index in [1.54, 1.807) is 12.1 Å². The first-order valence-electron chi connectivity index (χ1n) is 4.43. The smallest absolute Gasteiger partial charge is 0.488 e. The van der Waals surface area contributed by atoms with Crippen molar-refractivity contribution in [3.05, 3.63) is 18.2 Å². The lowest BCUT2D eigenvalue weighted by atomic mass is 9.80. The summed E-state index contributed by atoms with van der Waals surface area (Å²) in [4.78, 5) is 0. The molecular weight excluding hydrogens is 181 g/mol. The lowest BCUT2D eigenvalue weighted by Crippen LogP contribution is -2.30. The molecule has 0 amide bonds. The van der Waals surface area contributed by atoms with Crippen molar-refractivity contribution in [2.45, 2.75) is 20.0 Å². The van der Waals surface area contributed by atoms with E-state index in [1.807, 2.05) is 13.8 Å². The molecule has 76 valence electrons. The minimum Gasteiger partial charge on any atom is -0.489 e. The molecule has 4 nitrogen and oxygen atoms in total. The van der Waals surface area contributed by atoms with Crippen LogP contribution in [0.4, 0.5) is 5.69 Å². The van der Waals surface area contributed by atoms with Gasteiger partial charge in [-0.2, -0.15) is 0 Å². The second-order valence-corrected chi connectivity index (χ2v) is 3.34. The van der Waals surface area contributed by atoms with Gasteiger partial charge in [0.05, 0.1) is 11.8 Å². The summed E-state index contributed by atoms with van der Waals surface area (Å²) in [6.45, 7) is 3.79. The molecule has 5 heteroatoms. The molecule has 1 aromatic rings. The molecule has 0 aliphatic heterocycles. The summed E-state index contributed by atoms with van der Waals surface area (Å²) in [6, 6.07) is 4.69. The van der Waals surface area contributed by atoms with Gasteiger partial charge in [0.2, 0.25) is 0 Å². The van der Waals surface area contributed by atoms with Gasteiger partial charge in [-0.1, -0.05) is 6.07 Å². The summed E-state index contributed by atoms with van der Waals surface area (Å²) in [5.74, 6) is 0.560. The molecule has 0 atom stereocenters. The lowest BCUT2D eigenvalue weighted by Gasteiger charge is -2.12. The molecule has 0 spiro atoms. The summed E-state index contributed by atoms with van der Waals surface area (Å²) >= 11 is 0. The van der Waals surface area contributed by atoms with E-state index in [0.717, 1.165) is 0 Å². The van der Waals surface area contributed by atoms with Gasteiger partial charge in [0.1, 0.15) is 5.75 Å². The number of hydrogen-bond donors (Lipinski definition) is 3. The molecular formula is C9H14BNO3. The third-order valence-corrected chi connectivity index (χ3v) is 1.69. The molecule has 0 radical (unpaired) electrons. The van der Waals surface area contributed by atoms with E-state index in [4.69, 9.17) is 20.5 Å². The third kappa shape index (κ3) is 2.65. The topological polar surface area (TPSA) is 75.7 Å². The number of nitrogens with two attached hydrogens (primary N) is 1. The quantitative estimate of drug-likeness (QED) is 0.458. The van der Waals surface area contributed by atoms with Crippen molar-refractivity contribution in [3.63, 3.8) is 0 Å². The van der Waals surface area contributed by atoms with Crippen LogP contribution < -0.4 is 15.9 Å². The molecule has 0 aromatic heterocycles. The molecule has 0 bridgehead atoms. The van der Waals surface area contributed by atoms with Crippen LogP contribution in [0.3, 0.4) is 0 Å². The molecule has 0 unspecified atom stereocenters. The highest BCUT2D eigenvalue weighted by Gasteiger charge is 2.12. The summed E-state index contributed by atoms with van der Waals surface area (Å²) < 4.78 is 5.39. The van der Waals surface area contributed by atoms with Crippen LogP contribution in [0, 0.1) is 0 Å². The normalized spacial score (nSPS) is 10.4. The molecule has 0 fully saturated rings. The van der Waals surface area contributed by atoms with Crippen molar-refractivity contribution >= 4 is 18.3 Å². The monoisotopic (exact) mass is 195 g/mol. The van der Waals surface area contributed by atoms with Gasteiger partial charge in [0.25, 0.3) is 0 Å². The molecule has 0 saturated heterocycles. The van der Waals surface area contributed by atoms with Crippen LogP contribution in [0.5, 0.6) is 5.75 Å². The number of hydrogen-bond acceptors (Lipinski definition) is 4. The molecule has 0 heterocycles. The predicted molar refractivity (Wildman–Crippen MR) is 56.4 cm³/mol. The van der Waals surface area contributed by atoms with E-state index in [1.165, 1.54) is 6.07 Å². The van der Waals surface area contributed by atoms with Crippen LogP contribution in [-0.4, -0.2) is 23.3 Å². The zero-order valence-corrected chi connectivity index (χ0v) is 8.27. The molecule has 14 heavy (non-hydrogen) atoms.